The Kier molecular flexibility index (Phi) is 4.93. The molecule has 0 spiro atoms. The molecule has 126 valence electrons. The Hall–Kier alpha value is -2.82. The van der Waals surface area contributed by atoms with Crippen LogP contribution >= 0.6 is 0 Å². The van der Waals surface area contributed by atoms with Crippen LogP contribution in [0.4, 0.5) is 13.2 Å². The third kappa shape index (κ3) is 4.13. The summed E-state index contributed by atoms with van der Waals surface area (Å²) in [5, 5.41) is 13.2. The van der Waals surface area contributed by atoms with Crippen LogP contribution in [0.2, 0.25) is 0 Å². The molecular weight excluding hydrogens is 323 g/mol. The summed E-state index contributed by atoms with van der Waals surface area (Å²) < 4.78 is 42.4. The quantitative estimate of drug-likeness (QED) is 0.860. The number of aryl methyl sites for hydroxylation is 1. The molecule has 0 bridgehead atoms. The highest BCUT2D eigenvalue weighted by Crippen LogP contribution is 2.19. The molecule has 0 radical (unpaired) electrons. The fourth-order valence-electron chi connectivity index (χ4n) is 2.08. The normalized spacial score (nSPS) is 11.2. The molecule has 1 aromatic heterocycles. The van der Waals surface area contributed by atoms with Gasteiger partial charge in [-0.05, 0) is 37.1 Å². The van der Waals surface area contributed by atoms with Gasteiger partial charge in [0.05, 0.1) is 12.2 Å². The van der Waals surface area contributed by atoms with Crippen LogP contribution in [-0.4, -0.2) is 22.6 Å². The van der Waals surface area contributed by atoms with Gasteiger partial charge in [-0.3, -0.25) is 4.79 Å². The molecule has 0 aliphatic carbocycles. The highest BCUT2D eigenvalue weighted by Gasteiger charge is 2.28. The number of hydrogen-bond acceptors (Lipinski definition) is 4. The zero-order chi connectivity index (χ0) is 17.9. The molecule has 0 atom stereocenters. The maximum atomic E-state index is 12.2. The largest absolute Gasteiger partial charge is 0.484 e. The molecule has 5 nitrogen and oxygen atoms in total. The summed E-state index contributed by atoms with van der Waals surface area (Å²) in [6.45, 7) is 1.95. The lowest BCUT2D eigenvalue weighted by atomic mass is 10.1. The molecule has 0 aliphatic rings. The number of hydrogen-bond donors (Lipinski definition) is 0. The van der Waals surface area contributed by atoms with Gasteiger partial charge >= 0.3 is 6.18 Å². The van der Waals surface area contributed by atoms with Crippen LogP contribution in [-0.2, 0) is 6.54 Å². The molecule has 0 saturated heterocycles. The second kappa shape index (κ2) is 6.74. The SMILES string of the molecule is Cc1nn(Cc2cccc(OCC(F)(F)F)c2)c(=O)c(C#N)c1C. The molecule has 0 aliphatic heterocycles. The van der Waals surface area contributed by atoms with E-state index in [1.165, 1.54) is 18.2 Å². The second-order valence-electron chi connectivity index (χ2n) is 5.21. The summed E-state index contributed by atoms with van der Waals surface area (Å²) in [4.78, 5) is 12.2. The number of alkyl halides is 3. The van der Waals surface area contributed by atoms with Crippen LogP contribution in [0, 0.1) is 25.2 Å². The summed E-state index contributed by atoms with van der Waals surface area (Å²) in [5.41, 5.74) is 1.06. The maximum Gasteiger partial charge on any atom is 0.422 e. The molecule has 1 aromatic carbocycles. The minimum Gasteiger partial charge on any atom is -0.484 e. The molecule has 1 heterocycles. The first-order valence-corrected chi connectivity index (χ1v) is 6.98. The van der Waals surface area contributed by atoms with Gasteiger partial charge in [-0.15, -0.1) is 0 Å². The third-order valence-corrected chi connectivity index (χ3v) is 3.38. The van der Waals surface area contributed by atoms with Crippen LogP contribution in [0.5, 0.6) is 5.75 Å². The molecule has 2 aromatic rings. The highest BCUT2D eigenvalue weighted by atomic mass is 19.4. The number of nitriles is 1. The fourth-order valence-corrected chi connectivity index (χ4v) is 2.08. The highest BCUT2D eigenvalue weighted by molar-refractivity contribution is 5.36. The van der Waals surface area contributed by atoms with Crippen molar-refractivity contribution in [3.8, 4) is 11.8 Å². The summed E-state index contributed by atoms with van der Waals surface area (Å²) in [6.07, 6.45) is -4.43. The van der Waals surface area contributed by atoms with Crippen molar-refractivity contribution >= 4 is 0 Å². The maximum absolute atomic E-state index is 12.2. The van der Waals surface area contributed by atoms with Crippen LogP contribution in [0.1, 0.15) is 22.4 Å². The molecular formula is C16H14F3N3O2. The molecule has 0 fully saturated rings. The Bertz CT molecular complexity index is 851. The number of rotatable bonds is 4. The van der Waals surface area contributed by atoms with Crippen LogP contribution in [0.25, 0.3) is 0 Å². The van der Waals surface area contributed by atoms with Gasteiger partial charge in [0, 0.05) is 0 Å². The topological polar surface area (TPSA) is 67.9 Å². The number of aromatic nitrogens is 2. The number of benzene rings is 1. The van der Waals surface area contributed by atoms with Crippen molar-refractivity contribution in [1.29, 1.82) is 5.26 Å². The summed E-state index contributed by atoms with van der Waals surface area (Å²) in [6, 6.07) is 7.82. The van der Waals surface area contributed by atoms with Crippen LogP contribution < -0.4 is 10.3 Å². The lowest BCUT2D eigenvalue weighted by Crippen LogP contribution is -2.28. The minimum absolute atomic E-state index is 0.00646. The van der Waals surface area contributed by atoms with Crippen molar-refractivity contribution < 1.29 is 17.9 Å². The van der Waals surface area contributed by atoms with Gasteiger partial charge < -0.3 is 4.74 Å². The first kappa shape index (κ1) is 17.5. The van der Waals surface area contributed by atoms with Crippen molar-refractivity contribution in [1.82, 2.24) is 9.78 Å². The minimum atomic E-state index is -4.43. The Morgan fingerprint density at radius 1 is 1.33 bits per heavy atom. The lowest BCUT2D eigenvalue weighted by molar-refractivity contribution is -0.153. The van der Waals surface area contributed by atoms with Gasteiger partial charge in [-0.25, -0.2) is 4.68 Å². The second-order valence-corrected chi connectivity index (χ2v) is 5.21. The summed E-state index contributed by atoms with van der Waals surface area (Å²) in [7, 11) is 0. The first-order chi connectivity index (χ1) is 11.2. The Morgan fingerprint density at radius 2 is 2.04 bits per heavy atom. The van der Waals surface area contributed by atoms with Crippen molar-refractivity contribution in [3.05, 3.63) is 57.0 Å². The van der Waals surface area contributed by atoms with Crippen LogP contribution in [0.3, 0.4) is 0 Å². The standard InChI is InChI=1S/C16H14F3N3O2/c1-10-11(2)21-22(15(23)14(10)7-20)8-12-4-3-5-13(6-12)24-9-16(17,18)19/h3-6H,8-9H2,1-2H3. The summed E-state index contributed by atoms with van der Waals surface area (Å²) in [5.74, 6) is 0.0437. The molecule has 2 rings (SSSR count). The van der Waals surface area contributed by atoms with E-state index in [9.17, 15) is 18.0 Å². The van der Waals surface area contributed by atoms with Crippen LogP contribution in [0.15, 0.2) is 29.1 Å². The zero-order valence-electron chi connectivity index (χ0n) is 13.0. The van der Waals surface area contributed by atoms with E-state index in [4.69, 9.17) is 5.26 Å². The number of halogens is 3. The van der Waals surface area contributed by atoms with Crippen molar-refractivity contribution in [2.24, 2.45) is 0 Å². The van der Waals surface area contributed by atoms with Gasteiger partial charge in [0.1, 0.15) is 17.4 Å². The molecule has 24 heavy (non-hydrogen) atoms. The Balaban J connectivity index is 2.28. The van der Waals surface area contributed by atoms with E-state index in [0.717, 1.165) is 4.68 Å². The van der Waals surface area contributed by atoms with Crippen molar-refractivity contribution in [2.45, 2.75) is 26.6 Å². The molecule has 0 N–H and O–H groups in total. The lowest BCUT2D eigenvalue weighted by Gasteiger charge is -2.12. The van der Waals surface area contributed by atoms with E-state index in [0.29, 0.717) is 16.8 Å². The van der Waals surface area contributed by atoms with Gasteiger partial charge in [-0.2, -0.15) is 23.5 Å². The van der Waals surface area contributed by atoms with E-state index in [1.807, 2.05) is 6.07 Å². The van der Waals surface area contributed by atoms with Gasteiger partial charge in [-0.1, -0.05) is 12.1 Å². The first-order valence-electron chi connectivity index (χ1n) is 6.98. The van der Waals surface area contributed by atoms with E-state index in [2.05, 4.69) is 9.84 Å². The predicted octanol–water partition coefficient (Wildman–Crippen LogP) is 2.72. The monoisotopic (exact) mass is 337 g/mol. The van der Waals surface area contributed by atoms with Gasteiger partial charge in [0.25, 0.3) is 5.56 Å². The average Bonchev–Trinajstić information content (AvgIpc) is 2.51. The van der Waals surface area contributed by atoms with Gasteiger partial charge in [0.2, 0.25) is 0 Å². The van der Waals surface area contributed by atoms with E-state index >= 15 is 0 Å². The Morgan fingerprint density at radius 3 is 2.67 bits per heavy atom. The van der Waals surface area contributed by atoms with Crippen molar-refractivity contribution in [3.63, 3.8) is 0 Å². The predicted molar refractivity (Wildman–Crippen MR) is 79.8 cm³/mol. The smallest absolute Gasteiger partial charge is 0.422 e. The van der Waals surface area contributed by atoms with E-state index in [1.54, 1.807) is 19.9 Å². The number of ether oxygens (including phenoxy) is 1. The fraction of sp³-hybridized carbons (Fsp3) is 0.312. The average molecular weight is 337 g/mol. The Labute approximate surface area is 135 Å². The third-order valence-electron chi connectivity index (χ3n) is 3.38. The zero-order valence-corrected chi connectivity index (χ0v) is 13.0. The van der Waals surface area contributed by atoms with Crippen molar-refractivity contribution in [2.75, 3.05) is 6.61 Å². The van der Waals surface area contributed by atoms with Gasteiger partial charge in [0.15, 0.2) is 6.61 Å². The van der Waals surface area contributed by atoms with E-state index < -0.39 is 18.3 Å². The molecule has 0 saturated carbocycles. The number of nitrogens with zero attached hydrogens (tertiary/aromatic N) is 3. The summed E-state index contributed by atoms with van der Waals surface area (Å²) >= 11 is 0. The van der Waals surface area contributed by atoms with E-state index in [-0.39, 0.29) is 17.9 Å². The molecule has 0 unspecified atom stereocenters. The molecule has 0 amide bonds. The molecule has 8 heteroatoms.